The highest BCUT2D eigenvalue weighted by atomic mass is 35.5. The molecule has 0 fully saturated rings. The SMILES string of the molecule is CC1(c2cc(Cl)c3oc4ccccc4c3c2)c2ccccc2-c2ccccc21. The fourth-order valence-electron chi connectivity index (χ4n) is 4.84. The molecule has 2 heteroatoms. The molecular weight excluding hydrogens is 364 g/mol. The summed E-state index contributed by atoms with van der Waals surface area (Å²) in [4.78, 5) is 0. The van der Waals surface area contributed by atoms with Gasteiger partial charge in [-0.3, -0.25) is 0 Å². The first-order chi connectivity index (χ1) is 13.7. The van der Waals surface area contributed by atoms with Crippen molar-refractivity contribution in [3.63, 3.8) is 0 Å². The summed E-state index contributed by atoms with van der Waals surface area (Å²) in [6.07, 6.45) is 0. The minimum Gasteiger partial charge on any atom is -0.454 e. The zero-order valence-corrected chi connectivity index (χ0v) is 16.1. The van der Waals surface area contributed by atoms with Gasteiger partial charge in [-0.05, 0) is 52.9 Å². The average Bonchev–Trinajstić information content (AvgIpc) is 3.24. The lowest BCUT2D eigenvalue weighted by Crippen LogP contribution is -2.22. The monoisotopic (exact) mass is 380 g/mol. The number of fused-ring (bicyclic) bond motifs is 6. The van der Waals surface area contributed by atoms with Gasteiger partial charge in [0, 0.05) is 16.2 Å². The smallest absolute Gasteiger partial charge is 0.154 e. The molecule has 0 saturated heterocycles. The predicted molar refractivity (Wildman–Crippen MR) is 116 cm³/mol. The Morgan fingerprint density at radius 1 is 0.714 bits per heavy atom. The lowest BCUT2D eigenvalue weighted by atomic mass is 9.74. The van der Waals surface area contributed by atoms with Crippen molar-refractivity contribution in [1.29, 1.82) is 0 Å². The molecular formula is C26H17ClO. The quantitative estimate of drug-likeness (QED) is 0.292. The summed E-state index contributed by atoms with van der Waals surface area (Å²) in [5.74, 6) is 0. The van der Waals surface area contributed by atoms with E-state index in [9.17, 15) is 0 Å². The first-order valence-electron chi connectivity index (χ1n) is 9.48. The maximum atomic E-state index is 6.73. The number of rotatable bonds is 1. The molecule has 0 aliphatic heterocycles. The number of hydrogen-bond acceptors (Lipinski definition) is 1. The highest BCUT2D eigenvalue weighted by molar-refractivity contribution is 6.36. The van der Waals surface area contributed by atoms with Crippen LogP contribution >= 0.6 is 11.6 Å². The third-order valence-corrected chi connectivity index (χ3v) is 6.51. The topological polar surface area (TPSA) is 13.1 Å². The van der Waals surface area contributed by atoms with Gasteiger partial charge < -0.3 is 4.42 Å². The molecule has 1 aromatic heterocycles. The molecule has 134 valence electrons. The molecule has 1 aliphatic rings. The van der Waals surface area contributed by atoms with Gasteiger partial charge in [0.05, 0.1) is 5.02 Å². The van der Waals surface area contributed by atoms with E-state index in [2.05, 4.69) is 73.7 Å². The minimum absolute atomic E-state index is 0.261. The fourth-order valence-corrected chi connectivity index (χ4v) is 5.10. The van der Waals surface area contributed by atoms with Crippen molar-refractivity contribution >= 4 is 33.5 Å². The van der Waals surface area contributed by atoms with E-state index in [1.54, 1.807) is 0 Å². The van der Waals surface area contributed by atoms with E-state index in [0.717, 1.165) is 21.9 Å². The summed E-state index contributed by atoms with van der Waals surface area (Å²) in [7, 11) is 0. The van der Waals surface area contributed by atoms with Crippen LogP contribution in [0.2, 0.25) is 5.02 Å². The van der Waals surface area contributed by atoms with Crippen LogP contribution in [-0.4, -0.2) is 0 Å². The largest absolute Gasteiger partial charge is 0.454 e. The zero-order valence-electron chi connectivity index (χ0n) is 15.4. The van der Waals surface area contributed by atoms with Gasteiger partial charge in [0.2, 0.25) is 0 Å². The van der Waals surface area contributed by atoms with Gasteiger partial charge in [-0.25, -0.2) is 0 Å². The van der Waals surface area contributed by atoms with E-state index < -0.39 is 0 Å². The summed E-state index contributed by atoms with van der Waals surface area (Å²) in [5, 5.41) is 2.83. The van der Waals surface area contributed by atoms with Crippen LogP contribution < -0.4 is 0 Å². The van der Waals surface area contributed by atoms with Gasteiger partial charge in [0.15, 0.2) is 5.58 Å². The van der Waals surface area contributed by atoms with E-state index in [0.29, 0.717) is 5.02 Å². The molecule has 1 heterocycles. The standard InChI is InChI=1S/C26H17ClO/c1-26(21-11-5-2-8-17(21)18-9-3-6-12-22(18)26)16-14-20-19-10-4-7-13-24(19)28-25(20)23(27)15-16/h2-15H,1H3. The van der Waals surface area contributed by atoms with Gasteiger partial charge in [-0.15, -0.1) is 0 Å². The Balaban J connectivity index is 1.72. The number of hydrogen-bond donors (Lipinski definition) is 0. The molecule has 0 spiro atoms. The Kier molecular flexibility index (Phi) is 3.14. The minimum atomic E-state index is -0.261. The molecule has 6 rings (SSSR count). The normalized spacial score (nSPS) is 14.4. The summed E-state index contributed by atoms with van der Waals surface area (Å²) in [5.41, 5.74) is 7.79. The van der Waals surface area contributed by atoms with Gasteiger partial charge in [0.25, 0.3) is 0 Å². The van der Waals surface area contributed by atoms with Crippen molar-refractivity contribution in [2.24, 2.45) is 0 Å². The van der Waals surface area contributed by atoms with Crippen LogP contribution in [0.25, 0.3) is 33.1 Å². The van der Waals surface area contributed by atoms with E-state index in [4.69, 9.17) is 16.0 Å². The molecule has 0 N–H and O–H groups in total. The molecule has 0 unspecified atom stereocenters. The van der Waals surface area contributed by atoms with Crippen molar-refractivity contribution < 1.29 is 4.42 Å². The Hall–Kier alpha value is -3.03. The van der Waals surface area contributed by atoms with Crippen molar-refractivity contribution in [3.8, 4) is 11.1 Å². The molecule has 0 atom stereocenters. The highest BCUT2D eigenvalue weighted by Gasteiger charge is 2.40. The van der Waals surface area contributed by atoms with Crippen molar-refractivity contribution in [3.05, 3.63) is 107 Å². The van der Waals surface area contributed by atoms with Gasteiger partial charge in [-0.2, -0.15) is 0 Å². The van der Waals surface area contributed by atoms with Crippen LogP contribution in [0, 0.1) is 0 Å². The zero-order chi connectivity index (χ0) is 18.9. The Bertz CT molecular complexity index is 1350. The highest BCUT2D eigenvalue weighted by Crippen LogP contribution is 2.53. The van der Waals surface area contributed by atoms with Crippen LogP contribution in [0.1, 0.15) is 23.6 Å². The summed E-state index contributed by atoms with van der Waals surface area (Å²) >= 11 is 6.73. The van der Waals surface area contributed by atoms with Crippen LogP contribution in [0.4, 0.5) is 0 Å². The third-order valence-electron chi connectivity index (χ3n) is 6.23. The Labute approximate surface area is 168 Å². The van der Waals surface area contributed by atoms with Crippen LogP contribution in [0.15, 0.2) is 89.3 Å². The summed E-state index contributed by atoms with van der Waals surface area (Å²) in [6, 6.07) is 29.8. The first-order valence-corrected chi connectivity index (χ1v) is 9.86. The lowest BCUT2D eigenvalue weighted by molar-refractivity contribution is 0.667. The molecule has 28 heavy (non-hydrogen) atoms. The second-order valence-electron chi connectivity index (χ2n) is 7.65. The lowest BCUT2D eigenvalue weighted by Gasteiger charge is -2.28. The maximum absolute atomic E-state index is 6.73. The molecule has 0 amide bonds. The van der Waals surface area contributed by atoms with Crippen LogP contribution in [0.5, 0.6) is 0 Å². The van der Waals surface area contributed by atoms with Gasteiger partial charge in [0.1, 0.15) is 5.58 Å². The fraction of sp³-hybridized carbons (Fsp3) is 0.0769. The van der Waals surface area contributed by atoms with Crippen molar-refractivity contribution in [2.75, 3.05) is 0 Å². The second-order valence-corrected chi connectivity index (χ2v) is 8.06. The second kappa shape index (κ2) is 5.50. The van der Waals surface area contributed by atoms with Crippen molar-refractivity contribution in [1.82, 2.24) is 0 Å². The van der Waals surface area contributed by atoms with Crippen LogP contribution in [-0.2, 0) is 5.41 Å². The average molecular weight is 381 g/mol. The number of furan rings is 1. The summed E-state index contributed by atoms with van der Waals surface area (Å²) in [6.45, 7) is 2.30. The number of benzene rings is 4. The Morgan fingerprint density at radius 2 is 1.32 bits per heavy atom. The molecule has 1 nitrogen and oxygen atoms in total. The van der Waals surface area contributed by atoms with Crippen molar-refractivity contribution in [2.45, 2.75) is 12.3 Å². The van der Waals surface area contributed by atoms with E-state index >= 15 is 0 Å². The maximum Gasteiger partial charge on any atom is 0.154 e. The summed E-state index contributed by atoms with van der Waals surface area (Å²) < 4.78 is 6.04. The molecule has 5 aromatic rings. The van der Waals surface area contributed by atoms with E-state index in [1.165, 1.54) is 27.8 Å². The molecule has 0 bridgehead atoms. The first kappa shape index (κ1) is 16.0. The molecule has 4 aromatic carbocycles. The Morgan fingerprint density at radius 3 is 2.04 bits per heavy atom. The van der Waals surface area contributed by atoms with E-state index in [1.807, 2.05) is 18.2 Å². The third kappa shape index (κ3) is 1.92. The molecule has 1 aliphatic carbocycles. The molecule has 0 saturated carbocycles. The van der Waals surface area contributed by atoms with Gasteiger partial charge >= 0.3 is 0 Å². The number of para-hydroxylation sites is 1. The molecule has 0 radical (unpaired) electrons. The number of halogens is 1. The van der Waals surface area contributed by atoms with Crippen LogP contribution in [0.3, 0.4) is 0 Å². The van der Waals surface area contributed by atoms with E-state index in [-0.39, 0.29) is 5.41 Å². The predicted octanol–water partition coefficient (Wildman–Crippen LogP) is 7.57. The van der Waals surface area contributed by atoms with Gasteiger partial charge in [-0.1, -0.05) is 78.3 Å².